The van der Waals surface area contributed by atoms with E-state index in [1.54, 1.807) is 7.11 Å². The Morgan fingerprint density at radius 3 is 2.71 bits per heavy atom. The predicted molar refractivity (Wildman–Crippen MR) is 68.5 cm³/mol. The highest BCUT2D eigenvalue weighted by Crippen LogP contribution is 2.39. The van der Waals surface area contributed by atoms with Gasteiger partial charge in [0, 0.05) is 18.1 Å². The molecule has 2 rings (SSSR count). The van der Waals surface area contributed by atoms with Crippen LogP contribution < -0.4 is 0 Å². The summed E-state index contributed by atoms with van der Waals surface area (Å²) in [6, 6.07) is 8.00. The third-order valence-corrected chi connectivity index (χ3v) is 3.87. The van der Waals surface area contributed by atoms with Crippen LogP contribution in [0.3, 0.4) is 0 Å². The first-order valence-corrected chi connectivity index (χ1v) is 6.35. The van der Waals surface area contributed by atoms with Crippen LogP contribution in [-0.4, -0.2) is 20.0 Å². The second kappa shape index (κ2) is 5.46. The third kappa shape index (κ3) is 2.58. The lowest BCUT2D eigenvalue weighted by Crippen LogP contribution is -2.34. The summed E-state index contributed by atoms with van der Waals surface area (Å²) in [4.78, 5) is 10.9. The number of carbonyl (C=O) groups is 1. The maximum atomic E-state index is 10.9. The van der Waals surface area contributed by atoms with Crippen molar-refractivity contribution in [2.75, 3.05) is 13.7 Å². The van der Waals surface area contributed by atoms with Crippen LogP contribution in [0.4, 0.5) is 0 Å². The second-order valence-electron chi connectivity index (χ2n) is 5.02. The summed E-state index contributed by atoms with van der Waals surface area (Å²) in [5.74, 6) is 0. The largest absolute Gasteiger partial charge is 0.384 e. The van der Waals surface area contributed by atoms with Crippen LogP contribution >= 0.6 is 0 Å². The number of ether oxygens (including phenoxy) is 1. The first kappa shape index (κ1) is 12.3. The molecule has 0 spiro atoms. The third-order valence-electron chi connectivity index (χ3n) is 3.87. The van der Waals surface area contributed by atoms with Gasteiger partial charge in [-0.3, -0.25) is 4.79 Å². The molecule has 0 bridgehead atoms. The Bertz CT molecular complexity index is 373. The van der Waals surface area contributed by atoms with Crippen LogP contribution in [0.1, 0.15) is 48.0 Å². The number of benzene rings is 1. The van der Waals surface area contributed by atoms with Crippen molar-refractivity contribution in [2.45, 2.75) is 37.5 Å². The second-order valence-corrected chi connectivity index (χ2v) is 5.02. The molecule has 17 heavy (non-hydrogen) atoms. The van der Waals surface area contributed by atoms with E-state index in [0.717, 1.165) is 18.5 Å². The SMILES string of the molecule is COCC1(c2cccc(C=O)c2)CCCCC1. The van der Waals surface area contributed by atoms with Crippen molar-refractivity contribution in [3.63, 3.8) is 0 Å². The van der Waals surface area contributed by atoms with Gasteiger partial charge in [-0.2, -0.15) is 0 Å². The fourth-order valence-electron chi connectivity index (χ4n) is 2.96. The molecule has 0 atom stereocenters. The average Bonchev–Trinajstić information content (AvgIpc) is 2.40. The zero-order valence-electron chi connectivity index (χ0n) is 10.4. The zero-order chi connectivity index (χ0) is 12.1. The molecule has 0 heterocycles. The molecule has 1 aromatic carbocycles. The van der Waals surface area contributed by atoms with Crippen molar-refractivity contribution >= 4 is 6.29 Å². The molecule has 0 amide bonds. The van der Waals surface area contributed by atoms with Crippen LogP contribution in [0.2, 0.25) is 0 Å². The predicted octanol–water partition coefficient (Wildman–Crippen LogP) is 3.35. The molecule has 0 radical (unpaired) electrons. The van der Waals surface area contributed by atoms with E-state index in [0.29, 0.717) is 0 Å². The van der Waals surface area contributed by atoms with E-state index in [1.807, 2.05) is 18.2 Å². The fourth-order valence-corrected chi connectivity index (χ4v) is 2.96. The molecule has 0 saturated heterocycles. The van der Waals surface area contributed by atoms with Crippen molar-refractivity contribution in [1.82, 2.24) is 0 Å². The number of aldehydes is 1. The van der Waals surface area contributed by atoms with Crippen LogP contribution in [0.5, 0.6) is 0 Å². The van der Waals surface area contributed by atoms with Crippen LogP contribution in [0, 0.1) is 0 Å². The summed E-state index contributed by atoms with van der Waals surface area (Å²) in [6.45, 7) is 0.759. The van der Waals surface area contributed by atoms with Crippen molar-refractivity contribution in [2.24, 2.45) is 0 Å². The molecule has 0 unspecified atom stereocenters. The van der Waals surface area contributed by atoms with Gasteiger partial charge in [-0.25, -0.2) is 0 Å². The van der Waals surface area contributed by atoms with Gasteiger partial charge in [0.1, 0.15) is 6.29 Å². The maximum Gasteiger partial charge on any atom is 0.150 e. The van der Waals surface area contributed by atoms with Gasteiger partial charge < -0.3 is 4.74 Å². The summed E-state index contributed by atoms with van der Waals surface area (Å²) in [6.07, 6.45) is 7.10. The summed E-state index contributed by atoms with van der Waals surface area (Å²) in [5.41, 5.74) is 2.17. The van der Waals surface area contributed by atoms with Gasteiger partial charge in [0.2, 0.25) is 0 Å². The summed E-state index contributed by atoms with van der Waals surface area (Å²) >= 11 is 0. The lowest BCUT2D eigenvalue weighted by Gasteiger charge is -2.37. The number of hydrogen-bond donors (Lipinski definition) is 0. The van der Waals surface area contributed by atoms with E-state index in [9.17, 15) is 4.79 Å². The van der Waals surface area contributed by atoms with Gasteiger partial charge in [-0.15, -0.1) is 0 Å². The average molecular weight is 232 g/mol. The smallest absolute Gasteiger partial charge is 0.150 e. The number of hydrogen-bond acceptors (Lipinski definition) is 2. The van der Waals surface area contributed by atoms with Crippen molar-refractivity contribution in [3.8, 4) is 0 Å². The first-order chi connectivity index (χ1) is 8.30. The summed E-state index contributed by atoms with van der Waals surface area (Å²) < 4.78 is 5.42. The molecule has 1 aromatic rings. The summed E-state index contributed by atoms with van der Waals surface area (Å²) in [5, 5.41) is 0. The van der Waals surface area contributed by atoms with Crippen molar-refractivity contribution in [3.05, 3.63) is 35.4 Å². The van der Waals surface area contributed by atoms with Crippen LogP contribution in [0.25, 0.3) is 0 Å². The van der Waals surface area contributed by atoms with Crippen LogP contribution in [-0.2, 0) is 10.2 Å². The summed E-state index contributed by atoms with van der Waals surface area (Å²) in [7, 11) is 1.76. The molecule has 92 valence electrons. The van der Waals surface area contributed by atoms with Gasteiger partial charge in [-0.05, 0) is 24.5 Å². The number of rotatable bonds is 4. The molecule has 2 nitrogen and oxygen atoms in total. The van der Waals surface area contributed by atoms with E-state index < -0.39 is 0 Å². The Labute approximate surface area is 103 Å². The first-order valence-electron chi connectivity index (χ1n) is 6.35. The van der Waals surface area contributed by atoms with Gasteiger partial charge in [-0.1, -0.05) is 37.5 Å². The highest BCUT2D eigenvalue weighted by atomic mass is 16.5. The van der Waals surface area contributed by atoms with Gasteiger partial charge >= 0.3 is 0 Å². The minimum absolute atomic E-state index is 0.131. The molecule has 0 N–H and O–H groups in total. The Morgan fingerprint density at radius 2 is 2.06 bits per heavy atom. The fraction of sp³-hybridized carbons (Fsp3) is 0.533. The highest BCUT2D eigenvalue weighted by Gasteiger charge is 2.33. The highest BCUT2D eigenvalue weighted by molar-refractivity contribution is 5.75. The molecule has 0 aliphatic heterocycles. The molecule has 0 aromatic heterocycles. The molecule has 1 saturated carbocycles. The zero-order valence-corrected chi connectivity index (χ0v) is 10.4. The lowest BCUT2D eigenvalue weighted by molar-refractivity contribution is 0.103. The Morgan fingerprint density at radius 1 is 1.29 bits per heavy atom. The molecule has 1 aliphatic rings. The molecular formula is C15H20O2. The lowest BCUT2D eigenvalue weighted by atomic mass is 9.70. The van der Waals surface area contributed by atoms with E-state index in [2.05, 4.69) is 6.07 Å². The van der Waals surface area contributed by atoms with Crippen LogP contribution in [0.15, 0.2) is 24.3 Å². The number of methoxy groups -OCH3 is 1. The molecule has 2 heteroatoms. The minimum atomic E-state index is 0.131. The monoisotopic (exact) mass is 232 g/mol. The topological polar surface area (TPSA) is 26.3 Å². The van der Waals surface area contributed by atoms with E-state index in [4.69, 9.17) is 4.74 Å². The Hall–Kier alpha value is -1.15. The molecular weight excluding hydrogens is 212 g/mol. The van der Waals surface area contributed by atoms with Crippen molar-refractivity contribution in [1.29, 1.82) is 0 Å². The number of carbonyl (C=O) groups excluding carboxylic acids is 1. The maximum absolute atomic E-state index is 10.9. The Balaban J connectivity index is 2.33. The van der Waals surface area contributed by atoms with Gasteiger partial charge in [0.15, 0.2) is 0 Å². The van der Waals surface area contributed by atoms with E-state index in [-0.39, 0.29) is 5.41 Å². The van der Waals surface area contributed by atoms with E-state index in [1.165, 1.54) is 37.7 Å². The molecule has 1 fully saturated rings. The minimum Gasteiger partial charge on any atom is -0.384 e. The van der Waals surface area contributed by atoms with Gasteiger partial charge in [0.25, 0.3) is 0 Å². The van der Waals surface area contributed by atoms with E-state index >= 15 is 0 Å². The van der Waals surface area contributed by atoms with Crippen molar-refractivity contribution < 1.29 is 9.53 Å². The normalized spacial score (nSPS) is 18.9. The quantitative estimate of drug-likeness (QED) is 0.744. The molecule has 1 aliphatic carbocycles. The van der Waals surface area contributed by atoms with Gasteiger partial charge in [0.05, 0.1) is 6.61 Å². The standard InChI is InChI=1S/C15H20O2/c1-17-12-15(8-3-2-4-9-15)14-7-5-6-13(10-14)11-16/h5-7,10-11H,2-4,8-9,12H2,1H3. The Kier molecular flexibility index (Phi) is 3.95.